The number of aliphatic imine (C=N–C) groups is 1. The van der Waals surface area contributed by atoms with Gasteiger partial charge in [0.25, 0.3) is 0 Å². The van der Waals surface area contributed by atoms with E-state index >= 15 is 0 Å². The Kier molecular flexibility index (Phi) is 10.3. The number of allylic oxidation sites excluding steroid dienone is 1. The van der Waals surface area contributed by atoms with Gasteiger partial charge in [-0.15, -0.1) is 0 Å². The summed E-state index contributed by atoms with van der Waals surface area (Å²) in [4.78, 5) is 37.4. The van der Waals surface area contributed by atoms with Crippen molar-refractivity contribution in [3.05, 3.63) is 131 Å². The second-order valence-corrected chi connectivity index (χ2v) is 14.0. The molecule has 4 aliphatic rings. The van der Waals surface area contributed by atoms with Crippen molar-refractivity contribution in [3.8, 4) is 0 Å². The zero-order chi connectivity index (χ0) is 35.2. The van der Waals surface area contributed by atoms with Crippen molar-refractivity contribution < 1.29 is 14.3 Å². The normalized spacial score (nSPS) is 19.7. The second kappa shape index (κ2) is 15.3. The first kappa shape index (κ1) is 34.2. The maximum Gasteiger partial charge on any atom is 0.410 e. The number of rotatable bonds is 6. The number of anilines is 1. The van der Waals surface area contributed by atoms with Crippen molar-refractivity contribution in [2.24, 2.45) is 4.99 Å². The van der Waals surface area contributed by atoms with Crippen LogP contribution in [0.3, 0.4) is 0 Å². The molecule has 0 bridgehead atoms. The minimum absolute atomic E-state index is 0.0134. The van der Waals surface area contributed by atoms with Gasteiger partial charge in [-0.05, 0) is 92.0 Å². The average Bonchev–Trinajstić information content (AvgIpc) is 3.84. The zero-order valence-electron chi connectivity index (χ0n) is 29.6. The third kappa shape index (κ3) is 7.60. The van der Waals surface area contributed by atoms with Crippen LogP contribution in [-0.2, 0) is 40.9 Å². The van der Waals surface area contributed by atoms with Crippen LogP contribution in [0.2, 0.25) is 0 Å². The Morgan fingerprint density at radius 1 is 0.980 bits per heavy atom. The lowest BCUT2D eigenvalue weighted by atomic mass is 9.74. The number of aryl methyl sites for hydroxylation is 2. The highest BCUT2D eigenvalue weighted by Gasteiger charge is 2.43. The number of nitrogens with zero attached hydrogens (tertiary/aromatic N) is 4. The van der Waals surface area contributed by atoms with E-state index in [-0.39, 0.29) is 17.4 Å². The molecule has 2 amide bonds. The van der Waals surface area contributed by atoms with Gasteiger partial charge in [0.15, 0.2) is 0 Å². The summed E-state index contributed by atoms with van der Waals surface area (Å²) in [6.07, 6.45) is 11.3. The van der Waals surface area contributed by atoms with E-state index in [0.717, 1.165) is 74.2 Å². The first-order valence-corrected chi connectivity index (χ1v) is 18.3. The second-order valence-electron chi connectivity index (χ2n) is 14.0. The van der Waals surface area contributed by atoms with E-state index in [4.69, 9.17) is 9.72 Å². The molecule has 1 atom stereocenters. The third-order valence-electron chi connectivity index (χ3n) is 10.7. The Hall–Kier alpha value is -5.24. The highest BCUT2D eigenvalue weighted by molar-refractivity contribution is 5.85. The Morgan fingerprint density at radius 3 is 2.61 bits per heavy atom. The van der Waals surface area contributed by atoms with Gasteiger partial charge in [-0.1, -0.05) is 73.7 Å². The molecule has 8 heteroatoms. The fraction of sp³-hybridized carbons (Fsp3) is 0.349. The number of aromatic nitrogens is 1. The number of carbonyl (C=O) groups is 2. The van der Waals surface area contributed by atoms with Gasteiger partial charge in [-0.25, -0.2) is 9.79 Å². The number of nitrogens with one attached hydrogen (secondary N) is 1. The molecule has 262 valence electrons. The predicted molar refractivity (Wildman–Crippen MR) is 204 cm³/mol. The summed E-state index contributed by atoms with van der Waals surface area (Å²) in [5, 5.41) is 3.88. The van der Waals surface area contributed by atoms with Crippen molar-refractivity contribution in [2.75, 3.05) is 24.5 Å². The molecule has 1 saturated heterocycles. The number of hydrogen-bond donors (Lipinski definition) is 1. The molecule has 4 aromatic rings. The topological polar surface area (TPSA) is 87.1 Å². The zero-order valence-corrected chi connectivity index (χ0v) is 29.6. The number of fused-ring (bicyclic) bond motifs is 4. The van der Waals surface area contributed by atoms with Crippen LogP contribution >= 0.6 is 0 Å². The van der Waals surface area contributed by atoms with Gasteiger partial charge in [-0.2, -0.15) is 0 Å². The molecule has 1 spiro atoms. The molecule has 51 heavy (non-hydrogen) atoms. The molecule has 1 aliphatic carbocycles. The summed E-state index contributed by atoms with van der Waals surface area (Å²) in [6.45, 7) is 8.95. The predicted octanol–water partition coefficient (Wildman–Crippen LogP) is 8.19. The molecule has 1 fully saturated rings. The standard InChI is InChI=1S/C35H37N3O2.C8H10N2O/c39-34(40-24-26-9-2-1-3-10-26)37-19-7-6-17-35(18-20-37)25-38(33-14-5-4-13-31(33)35)23-30-16-15-29-21-27-11-8-12-28(27)22-32(29)36-30;1-3-6-5-7(11)10-8(6)9-4-2/h1-5,9-10,13-16,21-22H,6-8,11-12,17-20,23-25H2;3-4H,1,5H2,2H3,(H,10,11)/b;9-4-. The lowest BCUT2D eigenvalue weighted by Crippen LogP contribution is -2.42. The molecule has 1 unspecified atom stereocenters. The molecular weight excluding hydrogens is 635 g/mol. The number of likely N-dealkylation sites (tertiary alicyclic amines) is 1. The van der Waals surface area contributed by atoms with E-state index in [9.17, 15) is 9.59 Å². The van der Waals surface area contributed by atoms with Crippen LogP contribution in [0.15, 0.2) is 108 Å². The minimum Gasteiger partial charge on any atom is -0.445 e. The Labute approximate surface area is 300 Å². The molecule has 1 aromatic heterocycles. The first-order valence-electron chi connectivity index (χ1n) is 18.3. The lowest BCUT2D eigenvalue weighted by Gasteiger charge is -2.36. The van der Waals surface area contributed by atoms with Crippen LogP contribution in [0.5, 0.6) is 0 Å². The van der Waals surface area contributed by atoms with Crippen molar-refractivity contribution in [1.82, 2.24) is 15.2 Å². The molecule has 4 heterocycles. The van der Waals surface area contributed by atoms with Crippen LogP contribution in [0.1, 0.15) is 73.4 Å². The van der Waals surface area contributed by atoms with Crippen molar-refractivity contribution in [1.29, 1.82) is 0 Å². The third-order valence-corrected chi connectivity index (χ3v) is 10.7. The monoisotopic (exact) mass is 681 g/mol. The molecule has 8 nitrogen and oxygen atoms in total. The first-order chi connectivity index (χ1) is 24.9. The summed E-state index contributed by atoms with van der Waals surface area (Å²) in [7, 11) is 0. The van der Waals surface area contributed by atoms with Gasteiger partial charge in [-0.3, -0.25) is 9.78 Å². The molecule has 1 N–H and O–H groups in total. The number of para-hydroxylation sites is 1. The molecule has 3 aromatic carbocycles. The molecule has 3 aliphatic heterocycles. The summed E-state index contributed by atoms with van der Waals surface area (Å²) >= 11 is 0. The highest BCUT2D eigenvalue weighted by atomic mass is 16.6. The van der Waals surface area contributed by atoms with Gasteiger partial charge < -0.3 is 19.9 Å². The van der Waals surface area contributed by atoms with Gasteiger partial charge in [0, 0.05) is 47.9 Å². The SMILES string of the molecule is C=CC1=C(/N=C\C)NC(=O)C1.O=C(OCc1ccccc1)N1CCCCC2(CC1)CN(Cc1ccc3cc4c(cc3n1)CCC4)c1ccccc12. The Bertz CT molecular complexity index is 1990. The number of hydrogen-bond acceptors (Lipinski definition) is 6. The number of pyridine rings is 1. The summed E-state index contributed by atoms with van der Waals surface area (Å²) < 4.78 is 5.72. The fourth-order valence-electron chi connectivity index (χ4n) is 8.10. The van der Waals surface area contributed by atoms with E-state index < -0.39 is 0 Å². The largest absolute Gasteiger partial charge is 0.445 e. The van der Waals surface area contributed by atoms with E-state index in [1.54, 1.807) is 19.2 Å². The van der Waals surface area contributed by atoms with Crippen LogP contribution in [0.25, 0.3) is 10.9 Å². The smallest absolute Gasteiger partial charge is 0.410 e. The van der Waals surface area contributed by atoms with Crippen molar-refractivity contribution in [2.45, 2.75) is 76.9 Å². The maximum atomic E-state index is 13.1. The quantitative estimate of drug-likeness (QED) is 0.208. The van der Waals surface area contributed by atoms with Crippen LogP contribution in [0.4, 0.5) is 10.5 Å². The van der Waals surface area contributed by atoms with E-state index in [1.807, 2.05) is 35.2 Å². The molecular formula is C43H47N5O3. The number of ether oxygens (including phenoxy) is 1. The maximum absolute atomic E-state index is 13.1. The highest BCUT2D eigenvalue weighted by Crippen LogP contribution is 2.47. The van der Waals surface area contributed by atoms with Crippen LogP contribution in [0, 0.1) is 0 Å². The summed E-state index contributed by atoms with van der Waals surface area (Å²) in [6, 6.07) is 28.0. The van der Waals surface area contributed by atoms with E-state index in [2.05, 4.69) is 70.3 Å². The van der Waals surface area contributed by atoms with Gasteiger partial charge in [0.1, 0.15) is 12.4 Å². The number of carbonyl (C=O) groups excluding carboxylic acids is 2. The Morgan fingerprint density at radius 2 is 1.78 bits per heavy atom. The minimum atomic E-state index is -0.198. The number of amides is 2. The number of benzene rings is 3. The average molecular weight is 682 g/mol. The van der Waals surface area contributed by atoms with E-state index in [1.165, 1.54) is 47.0 Å². The Balaban J connectivity index is 0.000000318. The van der Waals surface area contributed by atoms with Crippen molar-refractivity contribution in [3.63, 3.8) is 0 Å². The van der Waals surface area contributed by atoms with Gasteiger partial charge in [0.05, 0.1) is 24.2 Å². The summed E-state index contributed by atoms with van der Waals surface area (Å²) in [5.74, 6) is 0.619. The molecule has 0 radical (unpaired) electrons. The van der Waals surface area contributed by atoms with Crippen molar-refractivity contribution >= 4 is 34.8 Å². The van der Waals surface area contributed by atoms with Crippen LogP contribution < -0.4 is 10.2 Å². The van der Waals surface area contributed by atoms with Crippen LogP contribution in [-0.4, -0.2) is 47.7 Å². The lowest BCUT2D eigenvalue weighted by molar-refractivity contribution is -0.118. The molecule has 8 rings (SSSR count). The summed E-state index contributed by atoms with van der Waals surface area (Å²) in [5.41, 5.74) is 9.88. The van der Waals surface area contributed by atoms with Gasteiger partial charge >= 0.3 is 6.09 Å². The fourth-order valence-corrected chi connectivity index (χ4v) is 8.10. The molecule has 0 saturated carbocycles. The van der Waals surface area contributed by atoms with Gasteiger partial charge in [0.2, 0.25) is 5.91 Å². The van der Waals surface area contributed by atoms with E-state index in [0.29, 0.717) is 18.8 Å².